The normalized spacial score (nSPS) is 33.8. The number of carboxylic acid groups (broad SMARTS) is 1. The van der Waals surface area contributed by atoms with Gasteiger partial charge in [0, 0.05) is 19.0 Å². The van der Waals surface area contributed by atoms with E-state index in [0.29, 0.717) is 19.5 Å². The van der Waals surface area contributed by atoms with Crippen molar-refractivity contribution in [2.75, 3.05) is 13.1 Å². The second-order valence-electron chi connectivity index (χ2n) is 6.87. The van der Waals surface area contributed by atoms with Crippen LogP contribution in [0.5, 0.6) is 0 Å². The highest BCUT2D eigenvalue weighted by Gasteiger charge is 2.55. The molecule has 0 aromatic rings. The molecule has 0 bridgehead atoms. The van der Waals surface area contributed by atoms with Gasteiger partial charge < -0.3 is 10.0 Å². The highest BCUT2D eigenvalue weighted by Crippen LogP contribution is 2.53. The molecular weight excluding hydrogens is 230 g/mol. The number of carbonyl (C=O) groups is 2. The van der Waals surface area contributed by atoms with Crippen LogP contribution in [-0.4, -0.2) is 35.0 Å². The number of carbonyl (C=O) groups excluding carboxylic acids is 1. The molecule has 0 radical (unpaired) electrons. The summed E-state index contributed by atoms with van der Waals surface area (Å²) in [5, 5.41) is 9.45. The lowest BCUT2D eigenvalue weighted by Gasteiger charge is -2.28. The molecule has 0 aromatic carbocycles. The number of rotatable bonds is 3. The molecule has 1 amide bonds. The topological polar surface area (TPSA) is 57.6 Å². The molecule has 102 valence electrons. The third kappa shape index (κ3) is 1.91. The predicted octanol–water partition coefficient (Wildman–Crippen LogP) is 1.99. The summed E-state index contributed by atoms with van der Waals surface area (Å²) in [7, 11) is 0. The first kappa shape index (κ1) is 13.4. The third-order valence-electron chi connectivity index (χ3n) is 4.96. The minimum atomic E-state index is -0.761. The van der Waals surface area contributed by atoms with Crippen LogP contribution in [0.3, 0.4) is 0 Å². The van der Waals surface area contributed by atoms with Gasteiger partial charge in [0.1, 0.15) is 0 Å². The van der Waals surface area contributed by atoms with Crippen LogP contribution in [-0.2, 0) is 9.59 Å². The molecule has 1 N–H and O–H groups in total. The quantitative estimate of drug-likeness (QED) is 0.837. The summed E-state index contributed by atoms with van der Waals surface area (Å²) >= 11 is 0. The van der Waals surface area contributed by atoms with E-state index in [4.69, 9.17) is 0 Å². The number of hydrogen-bond donors (Lipinski definition) is 1. The fraction of sp³-hybridized carbons (Fsp3) is 0.857. The fourth-order valence-electron chi connectivity index (χ4n) is 3.02. The first-order valence-corrected chi connectivity index (χ1v) is 6.73. The second kappa shape index (κ2) is 3.97. The first-order valence-electron chi connectivity index (χ1n) is 6.73. The zero-order chi connectivity index (χ0) is 13.7. The van der Waals surface area contributed by atoms with E-state index in [-0.39, 0.29) is 23.2 Å². The molecule has 4 nitrogen and oxygen atoms in total. The monoisotopic (exact) mass is 253 g/mol. The summed E-state index contributed by atoms with van der Waals surface area (Å²) in [5.74, 6) is -0.444. The number of hydrogen-bond acceptors (Lipinski definition) is 2. The van der Waals surface area contributed by atoms with Crippen molar-refractivity contribution in [3.8, 4) is 0 Å². The maximum Gasteiger partial charge on any atom is 0.311 e. The number of nitrogens with zero attached hydrogens (tertiary/aromatic N) is 1. The van der Waals surface area contributed by atoms with Crippen molar-refractivity contribution in [1.29, 1.82) is 0 Å². The Hall–Kier alpha value is -1.06. The van der Waals surface area contributed by atoms with Crippen LogP contribution in [0.15, 0.2) is 0 Å². The molecule has 0 aromatic heterocycles. The lowest BCUT2D eigenvalue weighted by molar-refractivity contribution is -0.151. The van der Waals surface area contributed by atoms with Crippen LogP contribution in [0.1, 0.15) is 40.5 Å². The van der Waals surface area contributed by atoms with E-state index in [1.54, 1.807) is 4.90 Å². The Morgan fingerprint density at radius 2 is 1.89 bits per heavy atom. The molecule has 1 saturated carbocycles. The van der Waals surface area contributed by atoms with Crippen molar-refractivity contribution in [2.45, 2.75) is 40.5 Å². The minimum Gasteiger partial charge on any atom is -0.481 e. The summed E-state index contributed by atoms with van der Waals surface area (Å²) in [5.41, 5.74) is -0.627. The van der Waals surface area contributed by atoms with Gasteiger partial charge in [-0.15, -0.1) is 0 Å². The van der Waals surface area contributed by atoms with E-state index in [2.05, 4.69) is 13.8 Å². The Morgan fingerprint density at radius 1 is 1.33 bits per heavy atom. The van der Waals surface area contributed by atoms with Crippen molar-refractivity contribution < 1.29 is 14.7 Å². The van der Waals surface area contributed by atoms with Gasteiger partial charge in [-0.05, 0) is 24.2 Å². The molecule has 0 unspecified atom stereocenters. The molecule has 2 aliphatic rings. The SMILES string of the molecule is CC(C)[C@@]1(C(=O)O)CCN(C(=O)[C@H]2CC2(C)C)C1. The number of aliphatic carboxylic acids is 1. The van der Waals surface area contributed by atoms with Crippen LogP contribution in [0, 0.1) is 22.7 Å². The Balaban J connectivity index is 2.08. The lowest BCUT2D eigenvalue weighted by Crippen LogP contribution is -2.41. The Kier molecular flexibility index (Phi) is 2.95. The highest BCUT2D eigenvalue weighted by molar-refractivity contribution is 5.84. The van der Waals surface area contributed by atoms with Gasteiger partial charge in [-0.25, -0.2) is 0 Å². The second-order valence-corrected chi connectivity index (χ2v) is 6.87. The van der Waals surface area contributed by atoms with Gasteiger partial charge in [-0.3, -0.25) is 9.59 Å². The van der Waals surface area contributed by atoms with Crippen molar-refractivity contribution in [2.24, 2.45) is 22.7 Å². The zero-order valence-electron chi connectivity index (χ0n) is 11.7. The first-order chi connectivity index (χ1) is 8.20. The van der Waals surface area contributed by atoms with Gasteiger partial charge in [0.2, 0.25) is 5.91 Å². The van der Waals surface area contributed by atoms with Crippen molar-refractivity contribution in [3.05, 3.63) is 0 Å². The van der Waals surface area contributed by atoms with Crippen LogP contribution < -0.4 is 0 Å². The van der Waals surface area contributed by atoms with Gasteiger partial charge in [-0.2, -0.15) is 0 Å². The molecule has 2 rings (SSSR count). The zero-order valence-corrected chi connectivity index (χ0v) is 11.7. The average molecular weight is 253 g/mol. The summed E-state index contributed by atoms with van der Waals surface area (Å²) in [6.07, 6.45) is 1.52. The standard InChI is InChI=1S/C14H23NO3/c1-9(2)14(12(17)18)5-6-15(8-14)11(16)10-7-13(10,3)4/h9-10H,5-8H2,1-4H3,(H,17,18)/t10-,14-/m1/s1. The van der Waals surface area contributed by atoms with E-state index >= 15 is 0 Å². The van der Waals surface area contributed by atoms with Gasteiger partial charge in [-0.1, -0.05) is 27.7 Å². The average Bonchev–Trinajstić information content (AvgIpc) is 2.75. The molecule has 1 aliphatic carbocycles. The van der Waals surface area contributed by atoms with Crippen LogP contribution in [0.25, 0.3) is 0 Å². The third-order valence-corrected chi connectivity index (χ3v) is 4.96. The van der Waals surface area contributed by atoms with E-state index in [0.717, 1.165) is 6.42 Å². The van der Waals surface area contributed by atoms with Crippen molar-refractivity contribution >= 4 is 11.9 Å². The van der Waals surface area contributed by atoms with E-state index in [9.17, 15) is 14.7 Å². The largest absolute Gasteiger partial charge is 0.481 e. The van der Waals surface area contributed by atoms with Crippen LogP contribution >= 0.6 is 0 Å². The maximum absolute atomic E-state index is 12.3. The highest BCUT2D eigenvalue weighted by atomic mass is 16.4. The molecule has 1 saturated heterocycles. The van der Waals surface area contributed by atoms with Gasteiger partial charge >= 0.3 is 5.97 Å². The number of amides is 1. The van der Waals surface area contributed by atoms with E-state index in [1.165, 1.54) is 0 Å². The van der Waals surface area contributed by atoms with Crippen molar-refractivity contribution in [1.82, 2.24) is 4.90 Å². The Bertz CT molecular complexity index is 389. The molecule has 0 spiro atoms. The van der Waals surface area contributed by atoms with Crippen LogP contribution in [0.2, 0.25) is 0 Å². The molecule has 4 heteroatoms. The Morgan fingerprint density at radius 3 is 2.22 bits per heavy atom. The Labute approximate surface area is 108 Å². The summed E-state index contributed by atoms with van der Waals surface area (Å²) in [4.78, 5) is 25.6. The van der Waals surface area contributed by atoms with Gasteiger partial charge in [0.05, 0.1) is 5.41 Å². The summed E-state index contributed by atoms with van der Waals surface area (Å²) in [6, 6.07) is 0. The molecule has 2 atom stereocenters. The van der Waals surface area contributed by atoms with Crippen molar-refractivity contribution in [3.63, 3.8) is 0 Å². The summed E-state index contributed by atoms with van der Waals surface area (Å²) in [6.45, 7) is 9.03. The molecule has 2 fully saturated rings. The number of carboxylic acids is 1. The van der Waals surface area contributed by atoms with Crippen LogP contribution in [0.4, 0.5) is 0 Å². The molecule has 1 aliphatic heterocycles. The maximum atomic E-state index is 12.3. The molecule has 18 heavy (non-hydrogen) atoms. The van der Waals surface area contributed by atoms with Gasteiger partial charge in [0.15, 0.2) is 0 Å². The van der Waals surface area contributed by atoms with Gasteiger partial charge in [0.25, 0.3) is 0 Å². The predicted molar refractivity (Wildman–Crippen MR) is 68.0 cm³/mol. The van der Waals surface area contributed by atoms with E-state index < -0.39 is 11.4 Å². The number of likely N-dealkylation sites (tertiary alicyclic amines) is 1. The summed E-state index contributed by atoms with van der Waals surface area (Å²) < 4.78 is 0. The lowest BCUT2D eigenvalue weighted by atomic mass is 9.76. The van der Waals surface area contributed by atoms with E-state index in [1.807, 2.05) is 13.8 Å². The minimum absolute atomic E-state index is 0.0556. The molecule has 1 heterocycles. The smallest absolute Gasteiger partial charge is 0.311 e. The fourth-order valence-corrected chi connectivity index (χ4v) is 3.02. The molecular formula is C14H23NO3.